The summed E-state index contributed by atoms with van der Waals surface area (Å²) >= 11 is 0. The topological polar surface area (TPSA) is 55.0 Å². The van der Waals surface area contributed by atoms with Crippen molar-refractivity contribution in [2.24, 2.45) is 0 Å². The van der Waals surface area contributed by atoms with Crippen LogP contribution in [0.5, 0.6) is 5.75 Å². The molecular formula is C14H12N2O2. The summed E-state index contributed by atoms with van der Waals surface area (Å²) in [5, 5.41) is 8.90. The Hall–Kier alpha value is -2.54. The summed E-state index contributed by atoms with van der Waals surface area (Å²) in [5.74, 6) is 0.551. The first-order chi connectivity index (χ1) is 8.78. The largest absolute Gasteiger partial charge is 0.495 e. The van der Waals surface area contributed by atoms with E-state index in [1.54, 1.807) is 12.1 Å². The van der Waals surface area contributed by atoms with E-state index in [-0.39, 0.29) is 0 Å². The van der Waals surface area contributed by atoms with E-state index in [1.165, 1.54) is 7.11 Å². The van der Waals surface area contributed by atoms with Gasteiger partial charge in [-0.15, -0.1) is 0 Å². The molecule has 90 valence electrons. The first-order valence-electron chi connectivity index (χ1n) is 5.46. The van der Waals surface area contributed by atoms with Crippen LogP contribution in [-0.4, -0.2) is 18.0 Å². The summed E-state index contributed by atoms with van der Waals surface area (Å²) in [7, 11) is 1.53. The molecule has 0 amide bonds. The number of aldehydes is 1. The van der Waals surface area contributed by atoms with Gasteiger partial charge in [0.2, 0.25) is 0 Å². The highest BCUT2D eigenvalue weighted by atomic mass is 16.5. The predicted octanol–water partition coefficient (Wildman–Crippen LogP) is 2.23. The zero-order valence-electron chi connectivity index (χ0n) is 9.96. The van der Waals surface area contributed by atoms with Crippen molar-refractivity contribution >= 4 is 6.29 Å². The van der Waals surface area contributed by atoms with Crippen molar-refractivity contribution in [2.45, 2.75) is 6.54 Å². The van der Waals surface area contributed by atoms with Crippen LogP contribution < -0.4 is 4.74 Å². The second kappa shape index (κ2) is 5.19. The lowest BCUT2D eigenvalue weighted by molar-refractivity contribution is 0.111. The van der Waals surface area contributed by atoms with Gasteiger partial charge < -0.3 is 9.30 Å². The second-order valence-electron chi connectivity index (χ2n) is 3.83. The van der Waals surface area contributed by atoms with Gasteiger partial charge in [0.1, 0.15) is 11.8 Å². The quantitative estimate of drug-likeness (QED) is 0.770. The van der Waals surface area contributed by atoms with Crippen LogP contribution >= 0.6 is 0 Å². The zero-order valence-corrected chi connectivity index (χ0v) is 9.96. The van der Waals surface area contributed by atoms with Crippen LogP contribution in [0.4, 0.5) is 0 Å². The number of nitriles is 1. The number of carbonyl (C=O) groups is 1. The summed E-state index contributed by atoms with van der Waals surface area (Å²) in [4.78, 5) is 10.8. The number of ether oxygens (including phenoxy) is 1. The third-order valence-electron chi connectivity index (χ3n) is 2.72. The van der Waals surface area contributed by atoms with Crippen molar-refractivity contribution in [3.05, 3.63) is 53.3 Å². The van der Waals surface area contributed by atoms with E-state index < -0.39 is 0 Å². The number of methoxy groups -OCH3 is 1. The minimum Gasteiger partial charge on any atom is -0.495 e. The fourth-order valence-corrected chi connectivity index (χ4v) is 1.80. The van der Waals surface area contributed by atoms with Crippen molar-refractivity contribution in [3.63, 3.8) is 0 Å². The summed E-state index contributed by atoms with van der Waals surface area (Å²) in [6.07, 6.45) is 2.66. The lowest BCUT2D eigenvalue weighted by Crippen LogP contribution is -2.02. The molecule has 0 saturated carbocycles. The second-order valence-corrected chi connectivity index (χ2v) is 3.83. The smallest absolute Gasteiger partial charge is 0.166 e. The number of hydrogen-bond donors (Lipinski definition) is 0. The molecule has 0 unspecified atom stereocenters. The number of aromatic nitrogens is 1. The van der Waals surface area contributed by atoms with E-state index in [0.29, 0.717) is 23.6 Å². The highest BCUT2D eigenvalue weighted by molar-refractivity contribution is 5.72. The van der Waals surface area contributed by atoms with E-state index in [1.807, 2.05) is 29.0 Å². The van der Waals surface area contributed by atoms with E-state index >= 15 is 0 Å². The molecule has 4 heteroatoms. The Labute approximate surface area is 105 Å². The molecule has 1 aromatic heterocycles. The Kier molecular flexibility index (Phi) is 3.44. The third-order valence-corrected chi connectivity index (χ3v) is 2.72. The molecule has 0 atom stereocenters. The minimum absolute atomic E-state index is 0.504. The predicted molar refractivity (Wildman–Crippen MR) is 66.6 cm³/mol. The molecule has 2 aromatic rings. The van der Waals surface area contributed by atoms with Gasteiger partial charge in [-0.3, -0.25) is 4.79 Å². The van der Waals surface area contributed by atoms with Gasteiger partial charge in [0.15, 0.2) is 6.29 Å². The summed E-state index contributed by atoms with van der Waals surface area (Å²) < 4.78 is 6.99. The van der Waals surface area contributed by atoms with E-state index in [4.69, 9.17) is 10.00 Å². The van der Waals surface area contributed by atoms with Gasteiger partial charge in [-0.25, -0.2) is 0 Å². The molecule has 0 N–H and O–H groups in total. The number of hydrogen-bond acceptors (Lipinski definition) is 3. The van der Waals surface area contributed by atoms with Crippen LogP contribution in [0, 0.1) is 11.3 Å². The summed E-state index contributed by atoms with van der Waals surface area (Å²) in [5.41, 5.74) is 2.10. The molecular weight excluding hydrogens is 228 g/mol. The molecule has 0 fully saturated rings. The SMILES string of the molecule is COc1cc(Cn2cccc2C=O)ccc1C#N. The van der Waals surface area contributed by atoms with Gasteiger partial charge in [0, 0.05) is 12.7 Å². The molecule has 0 aliphatic carbocycles. The van der Waals surface area contributed by atoms with E-state index in [2.05, 4.69) is 6.07 Å². The highest BCUT2D eigenvalue weighted by Crippen LogP contribution is 2.20. The molecule has 4 nitrogen and oxygen atoms in total. The van der Waals surface area contributed by atoms with Crippen molar-refractivity contribution < 1.29 is 9.53 Å². The Bertz CT molecular complexity index is 608. The number of rotatable bonds is 4. The molecule has 0 radical (unpaired) electrons. The number of nitrogens with zero attached hydrogens (tertiary/aromatic N) is 2. The Morgan fingerprint density at radius 3 is 2.94 bits per heavy atom. The maximum absolute atomic E-state index is 10.8. The first-order valence-corrected chi connectivity index (χ1v) is 5.46. The molecule has 0 spiro atoms. The zero-order chi connectivity index (χ0) is 13.0. The molecule has 2 rings (SSSR count). The average molecular weight is 240 g/mol. The van der Waals surface area contributed by atoms with Crippen LogP contribution in [0.15, 0.2) is 36.5 Å². The lowest BCUT2D eigenvalue weighted by Gasteiger charge is -2.08. The van der Waals surface area contributed by atoms with Gasteiger partial charge in [-0.1, -0.05) is 6.07 Å². The third kappa shape index (κ3) is 2.25. The van der Waals surface area contributed by atoms with Crippen molar-refractivity contribution in [1.29, 1.82) is 5.26 Å². The molecule has 0 aliphatic heterocycles. The first kappa shape index (κ1) is 11.9. The lowest BCUT2D eigenvalue weighted by atomic mass is 10.1. The maximum Gasteiger partial charge on any atom is 0.166 e. The molecule has 0 bridgehead atoms. The Balaban J connectivity index is 2.30. The highest BCUT2D eigenvalue weighted by Gasteiger charge is 2.05. The summed E-state index contributed by atoms with van der Waals surface area (Å²) in [6, 6.07) is 11.0. The van der Waals surface area contributed by atoms with Crippen LogP contribution in [-0.2, 0) is 6.54 Å². The average Bonchev–Trinajstić information content (AvgIpc) is 2.85. The standard InChI is InChI=1S/C14H12N2O2/c1-18-14-7-11(4-5-12(14)8-15)9-16-6-2-3-13(16)10-17/h2-7,10H,9H2,1H3. The van der Waals surface area contributed by atoms with Crippen molar-refractivity contribution in [3.8, 4) is 11.8 Å². The van der Waals surface area contributed by atoms with Gasteiger partial charge in [-0.2, -0.15) is 5.26 Å². The van der Waals surface area contributed by atoms with E-state index in [0.717, 1.165) is 11.8 Å². The van der Waals surface area contributed by atoms with Gasteiger partial charge >= 0.3 is 0 Å². The fourth-order valence-electron chi connectivity index (χ4n) is 1.80. The fraction of sp³-hybridized carbons (Fsp3) is 0.143. The van der Waals surface area contributed by atoms with Crippen LogP contribution in [0.25, 0.3) is 0 Å². The molecule has 0 aliphatic rings. The minimum atomic E-state index is 0.504. The normalized spacial score (nSPS) is 9.78. The van der Waals surface area contributed by atoms with Gasteiger partial charge in [-0.05, 0) is 29.8 Å². The maximum atomic E-state index is 10.8. The number of carbonyl (C=O) groups excluding carboxylic acids is 1. The number of benzene rings is 1. The molecule has 1 aromatic carbocycles. The summed E-state index contributed by atoms with van der Waals surface area (Å²) in [6.45, 7) is 0.573. The molecule has 1 heterocycles. The Morgan fingerprint density at radius 2 is 2.28 bits per heavy atom. The van der Waals surface area contributed by atoms with Crippen LogP contribution in [0.3, 0.4) is 0 Å². The Morgan fingerprint density at radius 1 is 1.44 bits per heavy atom. The molecule has 0 saturated heterocycles. The van der Waals surface area contributed by atoms with Gasteiger partial charge in [0.05, 0.1) is 18.4 Å². The monoisotopic (exact) mass is 240 g/mol. The molecule has 18 heavy (non-hydrogen) atoms. The van der Waals surface area contributed by atoms with E-state index in [9.17, 15) is 4.79 Å². The van der Waals surface area contributed by atoms with Crippen LogP contribution in [0.1, 0.15) is 21.6 Å². The van der Waals surface area contributed by atoms with Crippen LogP contribution in [0.2, 0.25) is 0 Å². The van der Waals surface area contributed by atoms with Crippen molar-refractivity contribution in [1.82, 2.24) is 4.57 Å². The van der Waals surface area contributed by atoms with Gasteiger partial charge in [0.25, 0.3) is 0 Å². The van der Waals surface area contributed by atoms with Crippen molar-refractivity contribution in [2.75, 3.05) is 7.11 Å².